The Morgan fingerprint density at radius 2 is 2.10 bits per heavy atom. The molecular weight excluding hydrogens is 262 g/mol. The van der Waals surface area contributed by atoms with Crippen LogP contribution in [0.25, 0.3) is 0 Å². The molecule has 7 heteroatoms. The molecule has 2 rings (SSSR count). The Morgan fingerprint density at radius 1 is 1.40 bits per heavy atom. The molecule has 0 aliphatic carbocycles. The van der Waals surface area contributed by atoms with Crippen molar-refractivity contribution in [2.75, 3.05) is 26.2 Å². The highest BCUT2D eigenvalue weighted by Gasteiger charge is 2.26. The van der Waals surface area contributed by atoms with Crippen molar-refractivity contribution in [1.82, 2.24) is 15.1 Å². The summed E-state index contributed by atoms with van der Waals surface area (Å²) in [5.41, 5.74) is 0. The van der Waals surface area contributed by atoms with Gasteiger partial charge in [0.2, 0.25) is 0 Å². The minimum absolute atomic E-state index is 0.149. The van der Waals surface area contributed by atoms with Gasteiger partial charge in [0, 0.05) is 26.2 Å². The first kappa shape index (κ1) is 14.4. The maximum atomic E-state index is 11.9. The van der Waals surface area contributed by atoms with Gasteiger partial charge in [-0.25, -0.2) is 4.79 Å². The summed E-state index contributed by atoms with van der Waals surface area (Å²) in [6.07, 6.45) is 1.56. The maximum Gasteiger partial charge on any atom is 0.320 e. The Balaban J connectivity index is 1.75. The number of rotatable bonds is 4. The van der Waals surface area contributed by atoms with Gasteiger partial charge in [0.1, 0.15) is 11.8 Å². The fraction of sp³-hybridized carbons (Fsp3) is 0.538. The minimum atomic E-state index is -0.833. The Labute approximate surface area is 117 Å². The largest absolute Gasteiger partial charge is 0.480 e. The van der Waals surface area contributed by atoms with Crippen LogP contribution >= 0.6 is 0 Å². The molecule has 0 spiro atoms. The van der Waals surface area contributed by atoms with Crippen molar-refractivity contribution in [3.8, 4) is 0 Å². The summed E-state index contributed by atoms with van der Waals surface area (Å²) in [7, 11) is 0. The first-order chi connectivity index (χ1) is 9.58. The molecule has 0 aromatic carbocycles. The molecule has 1 atom stereocenters. The van der Waals surface area contributed by atoms with Crippen LogP contribution in [0.5, 0.6) is 0 Å². The van der Waals surface area contributed by atoms with E-state index in [-0.39, 0.29) is 6.03 Å². The monoisotopic (exact) mass is 281 g/mol. The van der Waals surface area contributed by atoms with Gasteiger partial charge in [0.05, 0.1) is 12.8 Å². The first-order valence-corrected chi connectivity index (χ1v) is 6.60. The molecule has 2 N–H and O–H groups in total. The van der Waals surface area contributed by atoms with Crippen LogP contribution in [0, 0.1) is 0 Å². The molecule has 7 nitrogen and oxygen atoms in total. The number of aliphatic carboxylic acids is 1. The van der Waals surface area contributed by atoms with Gasteiger partial charge in [0.15, 0.2) is 0 Å². The van der Waals surface area contributed by atoms with Gasteiger partial charge >= 0.3 is 12.0 Å². The van der Waals surface area contributed by atoms with Crippen molar-refractivity contribution in [2.45, 2.75) is 19.5 Å². The molecule has 1 unspecified atom stereocenters. The minimum Gasteiger partial charge on any atom is -0.480 e. The van der Waals surface area contributed by atoms with E-state index < -0.39 is 12.0 Å². The van der Waals surface area contributed by atoms with Gasteiger partial charge in [-0.2, -0.15) is 0 Å². The number of carboxylic acid groups (broad SMARTS) is 1. The number of nitrogens with zero attached hydrogens (tertiary/aromatic N) is 2. The molecule has 110 valence electrons. The zero-order chi connectivity index (χ0) is 14.5. The van der Waals surface area contributed by atoms with E-state index in [0.29, 0.717) is 38.5 Å². The van der Waals surface area contributed by atoms with E-state index >= 15 is 0 Å². The summed E-state index contributed by atoms with van der Waals surface area (Å²) in [6, 6.07) is 2.91. The quantitative estimate of drug-likeness (QED) is 0.843. The lowest BCUT2D eigenvalue weighted by Gasteiger charge is -2.36. The fourth-order valence-corrected chi connectivity index (χ4v) is 2.16. The van der Waals surface area contributed by atoms with Crippen molar-refractivity contribution >= 4 is 12.0 Å². The van der Waals surface area contributed by atoms with Crippen molar-refractivity contribution in [2.24, 2.45) is 0 Å². The standard InChI is InChI=1S/C13H19N3O4/c1-10(12(17)18)15-4-6-16(7-5-15)13(19)14-9-11-3-2-8-20-11/h2-3,8,10H,4-7,9H2,1H3,(H,14,19)(H,17,18). The average molecular weight is 281 g/mol. The second-order valence-corrected chi connectivity index (χ2v) is 4.78. The van der Waals surface area contributed by atoms with E-state index in [1.54, 1.807) is 30.2 Å². The molecule has 0 radical (unpaired) electrons. The SMILES string of the molecule is CC(C(=O)O)N1CCN(C(=O)NCc2ccco2)CC1. The van der Waals surface area contributed by atoms with Crippen molar-refractivity contribution in [3.63, 3.8) is 0 Å². The van der Waals surface area contributed by atoms with E-state index in [9.17, 15) is 9.59 Å². The molecule has 1 aliphatic rings. The van der Waals surface area contributed by atoms with Crippen LogP contribution in [-0.4, -0.2) is 59.1 Å². The lowest BCUT2D eigenvalue weighted by Crippen LogP contribution is -2.54. The number of nitrogens with one attached hydrogen (secondary N) is 1. The van der Waals surface area contributed by atoms with E-state index in [1.165, 1.54) is 0 Å². The number of hydrogen-bond donors (Lipinski definition) is 2. The van der Waals surface area contributed by atoms with Crippen LogP contribution in [0.3, 0.4) is 0 Å². The van der Waals surface area contributed by atoms with Crippen LogP contribution in [0.15, 0.2) is 22.8 Å². The predicted octanol–water partition coefficient (Wildman–Crippen LogP) is 0.580. The summed E-state index contributed by atoms with van der Waals surface area (Å²) in [5.74, 6) is -0.128. The van der Waals surface area contributed by atoms with E-state index in [0.717, 1.165) is 0 Å². The summed E-state index contributed by atoms with van der Waals surface area (Å²) in [4.78, 5) is 26.4. The topological polar surface area (TPSA) is 86.0 Å². The summed E-state index contributed by atoms with van der Waals surface area (Å²) in [6.45, 7) is 4.22. The van der Waals surface area contributed by atoms with Gasteiger partial charge in [-0.1, -0.05) is 0 Å². The lowest BCUT2D eigenvalue weighted by atomic mass is 10.2. The number of carboxylic acids is 1. The molecule has 2 heterocycles. The average Bonchev–Trinajstić information content (AvgIpc) is 2.97. The van der Waals surface area contributed by atoms with Crippen molar-refractivity contribution < 1.29 is 19.1 Å². The number of hydrogen-bond acceptors (Lipinski definition) is 4. The lowest BCUT2D eigenvalue weighted by molar-refractivity contribution is -0.143. The normalized spacial score (nSPS) is 17.8. The number of urea groups is 1. The Hall–Kier alpha value is -2.02. The molecule has 1 aromatic heterocycles. The molecule has 1 aliphatic heterocycles. The van der Waals surface area contributed by atoms with Crippen LogP contribution < -0.4 is 5.32 Å². The summed E-state index contributed by atoms with van der Waals surface area (Å²) in [5, 5.41) is 11.7. The maximum absolute atomic E-state index is 11.9. The first-order valence-electron chi connectivity index (χ1n) is 6.60. The molecule has 0 bridgehead atoms. The molecular formula is C13H19N3O4. The van der Waals surface area contributed by atoms with Gasteiger partial charge in [-0.3, -0.25) is 9.69 Å². The highest BCUT2D eigenvalue weighted by Crippen LogP contribution is 2.07. The number of carbonyl (C=O) groups excluding carboxylic acids is 1. The third-order valence-electron chi connectivity index (χ3n) is 3.50. The molecule has 20 heavy (non-hydrogen) atoms. The second-order valence-electron chi connectivity index (χ2n) is 4.78. The predicted molar refractivity (Wildman–Crippen MR) is 71.2 cm³/mol. The van der Waals surface area contributed by atoms with Crippen LogP contribution in [0.1, 0.15) is 12.7 Å². The number of carbonyl (C=O) groups is 2. The third kappa shape index (κ3) is 3.51. The number of amides is 2. The van der Waals surface area contributed by atoms with Gasteiger partial charge in [-0.15, -0.1) is 0 Å². The van der Waals surface area contributed by atoms with Crippen molar-refractivity contribution in [1.29, 1.82) is 0 Å². The van der Waals surface area contributed by atoms with Gasteiger partial charge < -0.3 is 19.7 Å². The number of piperazine rings is 1. The molecule has 1 aromatic rings. The second kappa shape index (κ2) is 6.42. The molecule has 0 saturated carbocycles. The summed E-state index contributed by atoms with van der Waals surface area (Å²) < 4.78 is 5.14. The van der Waals surface area contributed by atoms with Crippen LogP contribution in [-0.2, 0) is 11.3 Å². The van der Waals surface area contributed by atoms with E-state index in [1.807, 2.05) is 4.90 Å². The fourth-order valence-electron chi connectivity index (χ4n) is 2.16. The Morgan fingerprint density at radius 3 is 2.65 bits per heavy atom. The summed E-state index contributed by atoms with van der Waals surface area (Å²) >= 11 is 0. The van der Waals surface area contributed by atoms with E-state index in [4.69, 9.17) is 9.52 Å². The van der Waals surface area contributed by atoms with Crippen molar-refractivity contribution in [3.05, 3.63) is 24.2 Å². The van der Waals surface area contributed by atoms with Gasteiger partial charge in [0.25, 0.3) is 0 Å². The Kier molecular flexibility index (Phi) is 4.62. The van der Waals surface area contributed by atoms with Crippen LogP contribution in [0.2, 0.25) is 0 Å². The number of furan rings is 1. The Bertz CT molecular complexity index is 452. The smallest absolute Gasteiger partial charge is 0.320 e. The highest BCUT2D eigenvalue weighted by atomic mass is 16.4. The zero-order valence-electron chi connectivity index (χ0n) is 11.4. The molecule has 1 fully saturated rings. The molecule has 2 amide bonds. The highest BCUT2D eigenvalue weighted by molar-refractivity contribution is 5.74. The molecule has 1 saturated heterocycles. The van der Waals surface area contributed by atoms with E-state index in [2.05, 4.69) is 5.32 Å². The zero-order valence-corrected chi connectivity index (χ0v) is 11.4. The van der Waals surface area contributed by atoms with Crippen LogP contribution in [0.4, 0.5) is 4.79 Å². The third-order valence-corrected chi connectivity index (χ3v) is 3.50. The van der Waals surface area contributed by atoms with Gasteiger partial charge in [-0.05, 0) is 19.1 Å².